The van der Waals surface area contributed by atoms with E-state index in [1.807, 2.05) is 18.2 Å². The molecular formula is C22H25N5O3. The molecule has 1 saturated heterocycles. The van der Waals surface area contributed by atoms with Gasteiger partial charge in [-0.1, -0.05) is 24.3 Å². The van der Waals surface area contributed by atoms with Crippen LogP contribution in [0.15, 0.2) is 42.6 Å². The molecule has 3 aromatic rings. The van der Waals surface area contributed by atoms with Crippen molar-refractivity contribution in [1.29, 1.82) is 0 Å². The molecular weight excluding hydrogens is 382 g/mol. The standard InChI is InChI=1S/C22H25N5O3/c1-3-30-21(29)18-8-7-15(13-19(18)28)17-6-4-5-16-14-23-22(24-20(16)17)25-27-11-9-26(2)10-12-27/h4-8,13-14,28H,3,9-12H2,1-2H3,(H,23,24,25). The molecule has 0 saturated carbocycles. The van der Waals surface area contributed by atoms with E-state index in [2.05, 4.69) is 27.4 Å². The number of phenolic OH excluding ortho intramolecular Hbond substituents is 1. The molecule has 0 aliphatic carbocycles. The highest BCUT2D eigenvalue weighted by atomic mass is 16.5. The number of para-hydroxylation sites is 1. The Bertz CT molecular complexity index is 1060. The monoisotopic (exact) mass is 407 g/mol. The molecule has 2 aromatic carbocycles. The molecule has 2 N–H and O–H groups in total. The smallest absolute Gasteiger partial charge is 0.341 e. The molecule has 4 rings (SSSR count). The molecule has 0 unspecified atom stereocenters. The van der Waals surface area contributed by atoms with Crippen LogP contribution in [0.5, 0.6) is 5.75 Å². The van der Waals surface area contributed by atoms with Crippen molar-refractivity contribution in [2.24, 2.45) is 0 Å². The zero-order valence-electron chi connectivity index (χ0n) is 17.1. The Kier molecular flexibility index (Phi) is 5.78. The number of hydrazine groups is 1. The van der Waals surface area contributed by atoms with Gasteiger partial charge in [-0.3, -0.25) is 5.43 Å². The first-order valence-electron chi connectivity index (χ1n) is 10.0. The number of hydrogen-bond acceptors (Lipinski definition) is 8. The average molecular weight is 407 g/mol. The largest absolute Gasteiger partial charge is 0.507 e. The van der Waals surface area contributed by atoms with E-state index in [1.54, 1.807) is 31.3 Å². The molecule has 0 bridgehead atoms. The van der Waals surface area contributed by atoms with E-state index in [0.29, 0.717) is 5.95 Å². The number of likely N-dealkylation sites (N-methyl/N-ethyl adjacent to an activating group) is 1. The maximum absolute atomic E-state index is 12.0. The number of aromatic nitrogens is 2. The Labute approximate surface area is 175 Å². The van der Waals surface area contributed by atoms with Crippen molar-refractivity contribution in [1.82, 2.24) is 19.9 Å². The first-order chi connectivity index (χ1) is 14.5. The maximum atomic E-state index is 12.0. The number of piperazine rings is 1. The van der Waals surface area contributed by atoms with Gasteiger partial charge in [-0.15, -0.1) is 0 Å². The number of esters is 1. The van der Waals surface area contributed by atoms with Crippen molar-refractivity contribution in [3.05, 3.63) is 48.2 Å². The van der Waals surface area contributed by atoms with Crippen molar-refractivity contribution >= 4 is 22.8 Å². The lowest BCUT2D eigenvalue weighted by atomic mass is 10.0. The minimum Gasteiger partial charge on any atom is -0.507 e. The summed E-state index contributed by atoms with van der Waals surface area (Å²) in [5.74, 6) is -0.125. The van der Waals surface area contributed by atoms with Gasteiger partial charge in [-0.05, 0) is 31.7 Å². The summed E-state index contributed by atoms with van der Waals surface area (Å²) in [6, 6.07) is 10.7. The number of rotatable bonds is 5. The Balaban J connectivity index is 1.65. The van der Waals surface area contributed by atoms with Crippen LogP contribution in [-0.4, -0.2) is 70.8 Å². The fraction of sp³-hybridized carbons (Fsp3) is 0.318. The number of benzene rings is 2. The van der Waals surface area contributed by atoms with Gasteiger partial charge >= 0.3 is 5.97 Å². The summed E-state index contributed by atoms with van der Waals surface area (Å²) in [4.78, 5) is 23.4. The van der Waals surface area contributed by atoms with Crippen LogP contribution in [0.4, 0.5) is 5.95 Å². The number of ether oxygens (including phenoxy) is 1. The van der Waals surface area contributed by atoms with E-state index in [9.17, 15) is 9.90 Å². The van der Waals surface area contributed by atoms with Crippen LogP contribution in [0, 0.1) is 0 Å². The zero-order chi connectivity index (χ0) is 21.1. The van der Waals surface area contributed by atoms with Crippen LogP contribution in [-0.2, 0) is 4.74 Å². The maximum Gasteiger partial charge on any atom is 0.341 e. The molecule has 1 fully saturated rings. The summed E-state index contributed by atoms with van der Waals surface area (Å²) in [5, 5.41) is 13.4. The summed E-state index contributed by atoms with van der Waals surface area (Å²) < 4.78 is 4.98. The molecule has 2 heterocycles. The highest BCUT2D eigenvalue weighted by molar-refractivity contribution is 5.97. The number of anilines is 1. The number of hydrogen-bond donors (Lipinski definition) is 2. The third kappa shape index (κ3) is 4.19. The SMILES string of the molecule is CCOC(=O)c1ccc(-c2cccc3cnc(NN4CCN(C)CC4)nc23)cc1O. The summed E-state index contributed by atoms with van der Waals surface area (Å²) in [5.41, 5.74) is 5.82. The van der Waals surface area contributed by atoms with Gasteiger partial charge in [0.25, 0.3) is 0 Å². The topological polar surface area (TPSA) is 90.8 Å². The molecule has 156 valence electrons. The molecule has 1 aliphatic rings. The number of phenols is 1. The first kappa shape index (κ1) is 20.1. The average Bonchev–Trinajstić information content (AvgIpc) is 2.75. The van der Waals surface area contributed by atoms with Crippen LogP contribution in [0.2, 0.25) is 0 Å². The lowest BCUT2D eigenvalue weighted by Crippen LogP contribution is -2.47. The lowest BCUT2D eigenvalue weighted by Gasteiger charge is -2.32. The molecule has 8 heteroatoms. The van der Waals surface area contributed by atoms with Gasteiger partial charge < -0.3 is 14.7 Å². The Morgan fingerprint density at radius 3 is 2.73 bits per heavy atom. The minimum absolute atomic E-state index is 0.118. The van der Waals surface area contributed by atoms with E-state index in [4.69, 9.17) is 9.72 Å². The highest BCUT2D eigenvalue weighted by Gasteiger charge is 2.17. The van der Waals surface area contributed by atoms with Crippen molar-refractivity contribution in [2.75, 3.05) is 45.3 Å². The van der Waals surface area contributed by atoms with Gasteiger partial charge in [0.2, 0.25) is 5.95 Å². The Hall–Kier alpha value is -3.23. The zero-order valence-corrected chi connectivity index (χ0v) is 17.1. The van der Waals surface area contributed by atoms with Crippen LogP contribution >= 0.6 is 0 Å². The number of carbonyl (C=O) groups is 1. The summed E-state index contributed by atoms with van der Waals surface area (Å²) in [7, 11) is 2.11. The van der Waals surface area contributed by atoms with Crippen molar-refractivity contribution in [3.63, 3.8) is 0 Å². The van der Waals surface area contributed by atoms with E-state index in [0.717, 1.165) is 48.2 Å². The molecule has 0 spiro atoms. The van der Waals surface area contributed by atoms with Crippen molar-refractivity contribution in [3.8, 4) is 16.9 Å². The Morgan fingerprint density at radius 2 is 2.00 bits per heavy atom. The second-order valence-corrected chi connectivity index (χ2v) is 7.29. The van der Waals surface area contributed by atoms with Gasteiger partial charge in [0, 0.05) is 43.3 Å². The van der Waals surface area contributed by atoms with Crippen molar-refractivity contribution < 1.29 is 14.6 Å². The highest BCUT2D eigenvalue weighted by Crippen LogP contribution is 2.31. The van der Waals surface area contributed by atoms with E-state index in [1.165, 1.54) is 0 Å². The normalized spacial score (nSPS) is 15.3. The predicted octanol–water partition coefficient (Wildman–Crippen LogP) is 2.75. The van der Waals surface area contributed by atoms with Crippen LogP contribution in [0.1, 0.15) is 17.3 Å². The number of nitrogens with zero attached hydrogens (tertiary/aromatic N) is 4. The number of nitrogens with one attached hydrogen (secondary N) is 1. The molecule has 0 radical (unpaired) electrons. The third-order valence-corrected chi connectivity index (χ3v) is 5.18. The fourth-order valence-electron chi connectivity index (χ4n) is 3.48. The summed E-state index contributed by atoms with van der Waals surface area (Å²) in [6.07, 6.45) is 1.79. The number of fused-ring (bicyclic) bond motifs is 1. The summed E-state index contributed by atoms with van der Waals surface area (Å²) >= 11 is 0. The second kappa shape index (κ2) is 8.64. The van der Waals surface area contributed by atoms with Crippen LogP contribution in [0.25, 0.3) is 22.0 Å². The van der Waals surface area contributed by atoms with E-state index >= 15 is 0 Å². The lowest BCUT2D eigenvalue weighted by molar-refractivity contribution is 0.0523. The van der Waals surface area contributed by atoms with Gasteiger partial charge in [-0.2, -0.15) is 0 Å². The predicted molar refractivity (Wildman–Crippen MR) is 115 cm³/mol. The van der Waals surface area contributed by atoms with Gasteiger partial charge in [-0.25, -0.2) is 19.8 Å². The molecule has 0 atom stereocenters. The number of carbonyl (C=O) groups excluding carboxylic acids is 1. The van der Waals surface area contributed by atoms with Crippen LogP contribution < -0.4 is 5.43 Å². The van der Waals surface area contributed by atoms with E-state index in [-0.39, 0.29) is 17.9 Å². The molecule has 1 aliphatic heterocycles. The third-order valence-electron chi connectivity index (χ3n) is 5.18. The van der Waals surface area contributed by atoms with Gasteiger partial charge in [0.05, 0.1) is 12.1 Å². The van der Waals surface area contributed by atoms with Crippen molar-refractivity contribution in [2.45, 2.75) is 6.92 Å². The molecule has 0 amide bonds. The van der Waals surface area contributed by atoms with Crippen LogP contribution in [0.3, 0.4) is 0 Å². The first-order valence-corrected chi connectivity index (χ1v) is 10.0. The quantitative estimate of drug-likeness (QED) is 0.624. The Morgan fingerprint density at radius 1 is 1.20 bits per heavy atom. The molecule has 8 nitrogen and oxygen atoms in total. The summed E-state index contributed by atoms with van der Waals surface area (Å²) in [6.45, 7) is 5.73. The van der Waals surface area contributed by atoms with Gasteiger partial charge in [0.15, 0.2) is 0 Å². The number of aromatic hydroxyl groups is 1. The fourth-order valence-corrected chi connectivity index (χ4v) is 3.48. The van der Waals surface area contributed by atoms with Gasteiger partial charge in [0.1, 0.15) is 11.3 Å². The molecule has 30 heavy (non-hydrogen) atoms. The second-order valence-electron chi connectivity index (χ2n) is 7.29. The van der Waals surface area contributed by atoms with E-state index < -0.39 is 5.97 Å². The molecule has 1 aromatic heterocycles. The minimum atomic E-state index is -0.541.